The number of hydrogen-bond acceptors (Lipinski definition) is 6. The first-order valence-corrected chi connectivity index (χ1v) is 12.1. The molecule has 4 N–H and O–H groups in total. The van der Waals surface area contributed by atoms with Gasteiger partial charge >= 0.3 is 5.97 Å². The minimum atomic E-state index is -1.02. The molecule has 29 heavy (non-hydrogen) atoms. The minimum Gasteiger partial charge on any atom is -0.506 e. The molecular weight excluding hydrogens is 832 g/mol. The number of phenols is 1. The van der Waals surface area contributed by atoms with Crippen molar-refractivity contribution in [1.29, 1.82) is 0 Å². The molecular formula is C18H14I4N2O5. The minimum absolute atomic E-state index is 0.242. The van der Waals surface area contributed by atoms with E-state index in [1.54, 1.807) is 18.3 Å². The molecule has 0 unspecified atom stereocenters. The zero-order chi connectivity index (χ0) is 21.6. The maximum Gasteiger partial charge on any atom is 0.320 e. The van der Waals surface area contributed by atoms with Crippen LogP contribution in [0.15, 0.2) is 47.5 Å². The number of hydrogen-bond donors (Lipinski definition) is 3. The molecule has 2 aromatic carbocycles. The van der Waals surface area contributed by atoms with E-state index in [1.807, 2.05) is 12.1 Å². The van der Waals surface area contributed by atoms with Crippen LogP contribution in [0.2, 0.25) is 0 Å². The SMILES string of the molecule is N[C@@H](Cc1cc(I)c(Oc2cc(I)c(O)c(I)c2)c(I)c1)C(=O)O.c1cocn1. The molecule has 0 bridgehead atoms. The van der Waals surface area contributed by atoms with Gasteiger partial charge in [0.05, 0.1) is 20.5 Å². The highest BCUT2D eigenvalue weighted by atomic mass is 127. The number of aromatic hydroxyl groups is 1. The lowest BCUT2D eigenvalue weighted by Crippen LogP contribution is -2.32. The van der Waals surface area contributed by atoms with Crippen LogP contribution < -0.4 is 10.5 Å². The standard InChI is InChI=1S/C15H11I4NO4.C3H3NO/c16-8-4-7(5-9(17)13(8)21)24-14-10(18)1-6(2-11(14)19)3-12(20)15(22)23;1-2-5-3-4-1/h1-2,4-5,12,21H,3,20H2,(H,22,23);1-3H/t12-;/m0./s1. The molecule has 0 fully saturated rings. The van der Waals surface area contributed by atoms with Gasteiger partial charge in [0.2, 0.25) is 0 Å². The van der Waals surface area contributed by atoms with Crippen molar-refractivity contribution in [2.45, 2.75) is 12.5 Å². The zero-order valence-corrected chi connectivity index (χ0v) is 23.1. The number of rotatable bonds is 5. The quantitative estimate of drug-likeness (QED) is 0.301. The van der Waals surface area contributed by atoms with Crippen LogP contribution in [0.1, 0.15) is 5.56 Å². The topological polar surface area (TPSA) is 119 Å². The molecule has 0 saturated heterocycles. The summed E-state index contributed by atoms with van der Waals surface area (Å²) in [5, 5.41) is 18.8. The third kappa shape index (κ3) is 7.66. The Labute approximate surface area is 221 Å². The summed E-state index contributed by atoms with van der Waals surface area (Å²) in [5.41, 5.74) is 6.44. The van der Waals surface area contributed by atoms with Crippen molar-refractivity contribution in [3.8, 4) is 17.2 Å². The Kier molecular flexibility index (Phi) is 10.2. The molecule has 3 rings (SSSR count). The summed E-state index contributed by atoms with van der Waals surface area (Å²) < 4.78 is 13.6. The maximum atomic E-state index is 10.9. The number of carboxylic acid groups (broad SMARTS) is 1. The second-order valence-corrected chi connectivity index (χ2v) is 10.2. The highest BCUT2D eigenvalue weighted by Crippen LogP contribution is 2.36. The summed E-state index contributed by atoms with van der Waals surface area (Å²) in [4.78, 5) is 14.5. The molecule has 1 atom stereocenters. The van der Waals surface area contributed by atoms with Gasteiger partial charge in [0, 0.05) is 0 Å². The van der Waals surface area contributed by atoms with Crippen LogP contribution in [0.4, 0.5) is 0 Å². The number of carbonyl (C=O) groups is 1. The van der Waals surface area contributed by atoms with Crippen LogP contribution in [0, 0.1) is 14.3 Å². The van der Waals surface area contributed by atoms with E-state index in [0.717, 1.165) is 12.7 Å². The van der Waals surface area contributed by atoms with Crippen LogP contribution in [0.3, 0.4) is 0 Å². The number of carboxylic acids is 1. The second-order valence-electron chi connectivity index (χ2n) is 5.55. The lowest BCUT2D eigenvalue weighted by molar-refractivity contribution is -0.138. The lowest BCUT2D eigenvalue weighted by Gasteiger charge is -2.14. The molecule has 1 heterocycles. The number of ether oxygens (including phenoxy) is 1. The number of aliphatic carboxylic acids is 1. The van der Waals surface area contributed by atoms with Gasteiger partial charge in [-0.05, 0) is 127 Å². The Hall–Kier alpha value is -0.400. The van der Waals surface area contributed by atoms with E-state index in [1.165, 1.54) is 12.7 Å². The summed E-state index contributed by atoms with van der Waals surface area (Å²) in [6, 6.07) is 6.34. The molecule has 7 nitrogen and oxygen atoms in total. The normalized spacial score (nSPS) is 11.3. The van der Waals surface area contributed by atoms with Crippen LogP contribution in [-0.4, -0.2) is 27.2 Å². The van der Waals surface area contributed by atoms with Gasteiger partial charge < -0.3 is 25.1 Å². The molecule has 154 valence electrons. The van der Waals surface area contributed by atoms with Crippen molar-refractivity contribution in [3.63, 3.8) is 0 Å². The highest BCUT2D eigenvalue weighted by Gasteiger charge is 2.16. The Morgan fingerprint density at radius 2 is 1.69 bits per heavy atom. The highest BCUT2D eigenvalue weighted by molar-refractivity contribution is 14.1. The van der Waals surface area contributed by atoms with Crippen molar-refractivity contribution in [2.24, 2.45) is 5.73 Å². The molecule has 0 aliphatic rings. The van der Waals surface area contributed by atoms with Crippen LogP contribution in [-0.2, 0) is 11.2 Å². The van der Waals surface area contributed by atoms with Gasteiger partial charge in [-0.25, -0.2) is 4.98 Å². The van der Waals surface area contributed by atoms with Crippen molar-refractivity contribution >= 4 is 96.3 Å². The van der Waals surface area contributed by atoms with E-state index >= 15 is 0 Å². The molecule has 0 radical (unpaired) electrons. The van der Waals surface area contributed by atoms with E-state index in [2.05, 4.69) is 99.8 Å². The van der Waals surface area contributed by atoms with Gasteiger partial charge in [-0.15, -0.1) is 0 Å². The number of nitrogens with two attached hydrogens (primary N) is 1. The van der Waals surface area contributed by atoms with Gasteiger partial charge in [-0.2, -0.15) is 0 Å². The summed E-state index contributed by atoms with van der Waals surface area (Å²) in [6.07, 6.45) is 4.73. The van der Waals surface area contributed by atoms with Crippen molar-refractivity contribution < 1.29 is 24.2 Å². The molecule has 3 aromatic rings. The molecule has 11 heteroatoms. The van der Waals surface area contributed by atoms with E-state index < -0.39 is 12.0 Å². The molecule has 0 aliphatic carbocycles. The fourth-order valence-electron chi connectivity index (χ4n) is 2.06. The largest absolute Gasteiger partial charge is 0.506 e. The lowest BCUT2D eigenvalue weighted by atomic mass is 10.1. The van der Waals surface area contributed by atoms with Gasteiger partial charge in [0.1, 0.15) is 23.8 Å². The molecule has 0 spiro atoms. The smallest absolute Gasteiger partial charge is 0.320 e. The van der Waals surface area contributed by atoms with E-state index in [4.69, 9.17) is 15.6 Å². The number of nitrogens with zero attached hydrogens (tertiary/aromatic N) is 1. The summed E-state index contributed by atoms with van der Waals surface area (Å²) >= 11 is 8.42. The first kappa shape index (κ1) is 24.9. The van der Waals surface area contributed by atoms with Crippen molar-refractivity contribution in [3.05, 3.63) is 63.0 Å². The first-order chi connectivity index (χ1) is 13.7. The van der Waals surface area contributed by atoms with Gasteiger partial charge in [0.25, 0.3) is 0 Å². The summed E-state index contributed by atoms with van der Waals surface area (Å²) in [6.45, 7) is 0. The Balaban J connectivity index is 0.000000521. The van der Waals surface area contributed by atoms with E-state index in [9.17, 15) is 9.90 Å². The Morgan fingerprint density at radius 3 is 2.10 bits per heavy atom. The molecule has 0 saturated carbocycles. The summed E-state index contributed by atoms with van der Waals surface area (Å²) in [7, 11) is 0. The van der Waals surface area contributed by atoms with Crippen molar-refractivity contribution in [1.82, 2.24) is 4.98 Å². The first-order valence-electron chi connectivity index (χ1n) is 7.83. The van der Waals surface area contributed by atoms with Crippen LogP contribution in [0.25, 0.3) is 0 Å². The maximum absolute atomic E-state index is 10.9. The molecule has 0 aliphatic heterocycles. The number of phenolic OH excluding ortho intramolecular Hbond substituents is 1. The number of oxazole rings is 1. The van der Waals surface area contributed by atoms with Gasteiger partial charge in [-0.1, -0.05) is 0 Å². The molecule has 1 aromatic heterocycles. The Bertz CT molecular complexity index is 919. The Morgan fingerprint density at radius 1 is 1.10 bits per heavy atom. The third-order valence-corrected chi connectivity index (χ3v) is 6.64. The predicted molar refractivity (Wildman–Crippen MR) is 141 cm³/mol. The van der Waals surface area contributed by atoms with E-state index in [-0.39, 0.29) is 12.2 Å². The zero-order valence-electron chi connectivity index (χ0n) is 14.5. The number of aromatic nitrogens is 1. The number of halogens is 4. The predicted octanol–water partition coefficient (Wildman–Crippen LogP) is 5.23. The second kappa shape index (κ2) is 11.8. The summed E-state index contributed by atoms with van der Waals surface area (Å²) in [5.74, 6) is 0.549. The average molecular weight is 846 g/mol. The third-order valence-electron chi connectivity index (χ3n) is 3.39. The van der Waals surface area contributed by atoms with E-state index in [0.29, 0.717) is 18.6 Å². The fraction of sp³-hybridized carbons (Fsp3) is 0.111. The van der Waals surface area contributed by atoms with Crippen LogP contribution in [0.5, 0.6) is 17.2 Å². The number of benzene rings is 2. The van der Waals surface area contributed by atoms with Gasteiger partial charge in [-0.3, -0.25) is 4.79 Å². The monoisotopic (exact) mass is 846 g/mol. The molecule has 0 amide bonds. The average Bonchev–Trinajstić information content (AvgIpc) is 3.22. The fourth-order valence-corrected chi connectivity index (χ4v) is 5.89. The van der Waals surface area contributed by atoms with Gasteiger partial charge in [0.15, 0.2) is 12.1 Å². The van der Waals surface area contributed by atoms with Crippen LogP contribution >= 0.6 is 90.4 Å². The van der Waals surface area contributed by atoms with Crippen molar-refractivity contribution in [2.75, 3.05) is 0 Å².